The van der Waals surface area contributed by atoms with E-state index in [-0.39, 0.29) is 19.4 Å². The summed E-state index contributed by atoms with van der Waals surface area (Å²) in [6, 6.07) is 6.76. The lowest BCUT2D eigenvalue weighted by molar-refractivity contribution is 0.0273. The molecular formula is C23H24FN9O2. The molecule has 11 nitrogen and oxygen atoms in total. The molecule has 180 valence electrons. The third-order valence-corrected chi connectivity index (χ3v) is 6.34. The summed E-state index contributed by atoms with van der Waals surface area (Å²) >= 11 is 0. The molecule has 0 saturated heterocycles. The highest BCUT2D eigenvalue weighted by atomic mass is 19.1. The summed E-state index contributed by atoms with van der Waals surface area (Å²) in [6.07, 6.45) is 1.95. The van der Waals surface area contributed by atoms with Crippen molar-refractivity contribution in [3.05, 3.63) is 42.5 Å². The maximum absolute atomic E-state index is 14.4. The van der Waals surface area contributed by atoms with Crippen LogP contribution in [0.2, 0.25) is 0 Å². The number of aryl methyl sites for hydroxylation is 1. The largest absolute Gasteiger partial charge is 0.386 e. The van der Waals surface area contributed by atoms with Gasteiger partial charge in [0.05, 0.1) is 24.4 Å². The molecule has 0 unspecified atom stereocenters. The SMILES string of the molecule is CNc1cc2nc3c1ncn3C(=O)N[C@@H]1C[C@@H](F)C[C@H]1OCc1cc(cc(-c3ncn(C)n3)c1)N2. The number of nitrogens with zero attached hydrogens (tertiary/aromatic N) is 6. The number of alkyl halides is 1. The lowest BCUT2D eigenvalue weighted by Gasteiger charge is -2.22. The first kappa shape index (κ1) is 21.5. The average Bonchev–Trinajstić information content (AvgIpc) is 3.55. The van der Waals surface area contributed by atoms with Gasteiger partial charge in [-0.25, -0.2) is 28.7 Å². The third-order valence-electron chi connectivity index (χ3n) is 6.34. The molecule has 1 fully saturated rings. The zero-order valence-corrected chi connectivity index (χ0v) is 19.2. The molecule has 3 atom stereocenters. The van der Waals surface area contributed by atoms with E-state index in [2.05, 4.69) is 36.0 Å². The Morgan fingerprint density at radius 3 is 2.86 bits per heavy atom. The van der Waals surface area contributed by atoms with Crippen LogP contribution in [0, 0.1) is 0 Å². The zero-order chi connectivity index (χ0) is 24.1. The molecule has 1 aliphatic carbocycles. The van der Waals surface area contributed by atoms with Crippen LogP contribution in [0.4, 0.5) is 26.4 Å². The molecule has 4 heterocycles. The second-order valence-electron chi connectivity index (χ2n) is 8.85. The van der Waals surface area contributed by atoms with Gasteiger partial charge in [-0.3, -0.25) is 4.68 Å². The number of hydrogen-bond acceptors (Lipinski definition) is 8. The second kappa shape index (κ2) is 8.31. The van der Waals surface area contributed by atoms with Crippen LogP contribution in [0.5, 0.6) is 0 Å². The number of fused-ring (bicyclic) bond motifs is 4. The minimum absolute atomic E-state index is 0.189. The van der Waals surface area contributed by atoms with Gasteiger partial charge in [-0.05, 0) is 23.8 Å². The average molecular weight is 478 g/mol. The van der Waals surface area contributed by atoms with Crippen molar-refractivity contribution in [2.45, 2.75) is 37.8 Å². The Balaban J connectivity index is 1.50. The van der Waals surface area contributed by atoms with E-state index in [1.807, 2.05) is 31.3 Å². The molecule has 0 spiro atoms. The minimum Gasteiger partial charge on any atom is -0.386 e. The van der Waals surface area contributed by atoms with Crippen molar-refractivity contribution in [1.29, 1.82) is 0 Å². The van der Waals surface area contributed by atoms with Crippen molar-refractivity contribution >= 4 is 34.4 Å². The summed E-state index contributed by atoms with van der Waals surface area (Å²) in [5, 5.41) is 13.8. The number of pyridine rings is 1. The first-order valence-electron chi connectivity index (χ1n) is 11.4. The minimum atomic E-state index is -1.05. The van der Waals surface area contributed by atoms with Crippen molar-refractivity contribution in [1.82, 2.24) is 34.6 Å². The van der Waals surface area contributed by atoms with Gasteiger partial charge in [-0.2, -0.15) is 5.10 Å². The quantitative estimate of drug-likeness (QED) is 0.403. The van der Waals surface area contributed by atoms with Crippen molar-refractivity contribution in [2.75, 3.05) is 17.7 Å². The number of hydrogen-bond donors (Lipinski definition) is 3. The topological polar surface area (TPSA) is 124 Å². The van der Waals surface area contributed by atoms with E-state index < -0.39 is 24.3 Å². The maximum Gasteiger partial charge on any atom is 0.328 e. The first-order valence-corrected chi connectivity index (χ1v) is 11.4. The number of aromatic nitrogens is 6. The lowest BCUT2D eigenvalue weighted by Crippen LogP contribution is -2.43. The van der Waals surface area contributed by atoms with Crippen LogP contribution in [-0.4, -0.2) is 60.7 Å². The summed E-state index contributed by atoms with van der Waals surface area (Å²) < 4.78 is 23.5. The molecule has 3 N–H and O–H groups in total. The Morgan fingerprint density at radius 2 is 2.06 bits per heavy atom. The van der Waals surface area contributed by atoms with E-state index in [0.29, 0.717) is 28.5 Å². The number of nitrogens with one attached hydrogen (secondary N) is 3. The molecule has 4 aromatic rings. The molecule has 1 amide bonds. The van der Waals surface area contributed by atoms with Crippen LogP contribution in [0.25, 0.3) is 22.6 Å². The van der Waals surface area contributed by atoms with Crippen molar-refractivity contribution in [3.8, 4) is 11.4 Å². The van der Waals surface area contributed by atoms with Crippen molar-refractivity contribution < 1.29 is 13.9 Å². The Morgan fingerprint density at radius 1 is 1.17 bits per heavy atom. The molecule has 4 bridgehead atoms. The predicted molar refractivity (Wildman–Crippen MR) is 127 cm³/mol. The molecule has 6 rings (SSSR count). The number of carbonyl (C=O) groups excluding carboxylic acids is 1. The van der Waals surface area contributed by atoms with Gasteiger partial charge in [0.15, 0.2) is 11.5 Å². The van der Waals surface area contributed by atoms with E-state index in [0.717, 1.165) is 16.8 Å². The van der Waals surface area contributed by atoms with Crippen LogP contribution in [-0.2, 0) is 18.4 Å². The summed E-state index contributed by atoms with van der Waals surface area (Å²) in [4.78, 5) is 26.5. The van der Waals surface area contributed by atoms with E-state index >= 15 is 0 Å². The van der Waals surface area contributed by atoms with Crippen LogP contribution in [0.3, 0.4) is 0 Å². The highest BCUT2D eigenvalue weighted by Crippen LogP contribution is 2.31. The van der Waals surface area contributed by atoms with Gasteiger partial charge in [-0.15, -0.1) is 0 Å². The zero-order valence-electron chi connectivity index (χ0n) is 19.2. The lowest BCUT2D eigenvalue weighted by atomic mass is 10.1. The first-order chi connectivity index (χ1) is 17.0. The fraction of sp³-hybridized carbons (Fsp3) is 0.348. The van der Waals surface area contributed by atoms with Gasteiger partial charge >= 0.3 is 6.03 Å². The molecule has 12 heteroatoms. The molecule has 3 aromatic heterocycles. The second-order valence-corrected chi connectivity index (χ2v) is 8.85. The van der Waals surface area contributed by atoms with Crippen LogP contribution < -0.4 is 16.0 Å². The monoisotopic (exact) mass is 477 g/mol. The highest BCUT2D eigenvalue weighted by Gasteiger charge is 2.37. The Kier molecular flexibility index (Phi) is 5.10. The fourth-order valence-corrected chi connectivity index (χ4v) is 4.70. The molecule has 1 aliphatic heterocycles. The van der Waals surface area contributed by atoms with Gasteiger partial charge in [0.25, 0.3) is 0 Å². The van der Waals surface area contributed by atoms with Gasteiger partial charge < -0.3 is 20.7 Å². The summed E-state index contributed by atoms with van der Waals surface area (Å²) in [7, 11) is 3.59. The number of rotatable bonds is 2. The van der Waals surface area contributed by atoms with Crippen LogP contribution in [0.15, 0.2) is 36.9 Å². The molecule has 35 heavy (non-hydrogen) atoms. The van der Waals surface area contributed by atoms with Crippen LogP contribution >= 0.6 is 0 Å². The fourth-order valence-electron chi connectivity index (χ4n) is 4.70. The van der Waals surface area contributed by atoms with E-state index in [4.69, 9.17) is 4.74 Å². The Hall–Kier alpha value is -4.06. The van der Waals surface area contributed by atoms with E-state index in [1.54, 1.807) is 18.1 Å². The summed E-state index contributed by atoms with van der Waals surface area (Å²) in [5.41, 5.74) is 4.06. The number of benzene rings is 1. The standard InChI is InChI=1S/C23H24FN9O2/c1-25-17-8-19-28-15-4-12(3-13(5-15)21-27-10-32(2)31-21)9-35-18-7-14(24)6-16(18)29-23(34)33-11-26-20(17)22(33)30-19/h3-5,8,10-11,14,16,18H,6-7,9H2,1-2H3,(H,29,34)(H2,25,28,30)/t14-,16-,18-/m1/s1. The van der Waals surface area contributed by atoms with Crippen molar-refractivity contribution in [2.24, 2.45) is 7.05 Å². The number of halogens is 1. The summed E-state index contributed by atoms with van der Waals surface area (Å²) in [6.45, 7) is 0.240. The number of ether oxygens (including phenoxy) is 1. The maximum atomic E-state index is 14.4. The van der Waals surface area contributed by atoms with Gasteiger partial charge in [0.1, 0.15) is 30.2 Å². The molecule has 2 aliphatic rings. The van der Waals surface area contributed by atoms with Gasteiger partial charge in [0.2, 0.25) is 0 Å². The third kappa shape index (κ3) is 3.95. The number of amides is 1. The van der Waals surface area contributed by atoms with Crippen molar-refractivity contribution in [3.63, 3.8) is 0 Å². The Bertz CT molecular complexity index is 1430. The smallest absolute Gasteiger partial charge is 0.328 e. The normalized spacial score (nSPS) is 21.9. The summed E-state index contributed by atoms with van der Waals surface area (Å²) in [5.74, 6) is 1.10. The highest BCUT2D eigenvalue weighted by molar-refractivity contribution is 5.94. The molecule has 0 radical (unpaired) electrons. The van der Waals surface area contributed by atoms with Crippen LogP contribution in [0.1, 0.15) is 18.4 Å². The number of imidazole rings is 1. The van der Waals surface area contributed by atoms with E-state index in [9.17, 15) is 9.18 Å². The Labute approximate surface area is 199 Å². The van der Waals surface area contributed by atoms with E-state index in [1.165, 1.54) is 10.9 Å². The van der Waals surface area contributed by atoms with Gasteiger partial charge in [0, 0.05) is 44.3 Å². The number of anilines is 3. The molecule has 1 aromatic carbocycles. The van der Waals surface area contributed by atoms with Gasteiger partial charge in [-0.1, -0.05) is 0 Å². The number of carbonyl (C=O) groups is 1. The molecule has 1 saturated carbocycles. The molecular weight excluding hydrogens is 453 g/mol. The predicted octanol–water partition coefficient (Wildman–Crippen LogP) is 2.97.